The SMILES string of the molecule is COc1ccc2cc(S(=O)(=O)N[C@H](CC(=O)NC3N=C(C4CCCCC4)c4ccccc4NC3=O)c3ccc4c(c3)OCO4)ccc2c1. The summed E-state index contributed by atoms with van der Waals surface area (Å²) in [5, 5.41) is 7.24. The van der Waals surface area contributed by atoms with Crippen molar-refractivity contribution in [2.75, 3.05) is 19.2 Å². The Kier molecular flexibility index (Phi) is 8.76. The number of fused-ring (bicyclic) bond motifs is 3. The van der Waals surface area contributed by atoms with Crippen molar-refractivity contribution in [3.05, 3.63) is 90.0 Å². The molecule has 2 amide bonds. The average Bonchev–Trinajstić information content (AvgIpc) is 3.53. The smallest absolute Gasteiger partial charge is 0.269 e. The lowest BCUT2D eigenvalue weighted by molar-refractivity contribution is -0.126. The van der Waals surface area contributed by atoms with Crippen molar-refractivity contribution >= 4 is 44.0 Å². The number of ether oxygens (including phenoxy) is 3. The fraction of sp³-hybridized carbons (Fsp3) is 0.306. The van der Waals surface area contributed by atoms with Crippen LogP contribution in [0.2, 0.25) is 0 Å². The number of para-hydroxylation sites is 1. The van der Waals surface area contributed by atoms with Gasteiger partial charge < -0.3 is 24.8 Å². The third kappa shape index (κ3) is 6.58. The second-order valence-corrected chi connectivity index (χ2v) is 13.9. The minimum atomic E-state index is -4.12. The van der Waals surface area contributed by atoms with Crippen molar-refractivity contribution in [3.8, 4) is 17.2 Å². The number of nitrogens with zero attached hydrogens (tertiary/aromatic N) is 1. The van der Waals surface area contributed by atoms with E-state index in [1.807, 2.05) is 30.3 Å². The van der Waals surface area contributed by atoms with Gasteiger partial charge in [0.1, 0.15) is 5.75 Å². The van der Waals surface area contributed by atoms with Crippen LogP contribution < -0.4 is 29.6 Å². The Balaban J connectivity index is 1.17. The van der Waals surface area contributed by atoms with Crippen molar-refractivity contribution in [1.29, 1.82) is 0 Å². The summed E-state index contributed by atoms with van der Waals surface area (Å²) in [4.78, 5) is 32.0. The summed E-state index contributed by atoms with van der Waals surface area (Å²) in [6.45, 7) is 0.0397. The van der Waals surface area contributed by atoms with Gasteiger partial charge in [0, 0.05) is 23.6 Å². The molecular weight excluding hydrogens is 632 g/mol. The second kappa shape index (κ2) is 13.3. The van der Waals surface area contributed by atoms with Crippen molar-refractivity contribution in [3.63, 3.8) is 0 Å². The first kappa shape index (κ1) is 31.6. The van der Waals surface area contributed by atoms with Crippen LogP contribution in [0.5, 0.6) is 17.2 Å². The fourth-order valence-corrected chi connectivity index (χ4v) is 7.85. The van der Waals surface area contributed by atoms with E-state index in [0.717, 1.165) is 48.8 Å². The highest BCUT2D eigenvalue weighted by molar-refractivity contribution is 7.89. The van der Waals surface area contributed by atoms with E-state index in [0.29, 0.717) is 33.9 Å². The van der Waals surface area contributed by atoms with Crippen LogP contribution in [0, 0.1) is 5.92 Å². The highest BCUT2D eigenvalue weighted by Crippen LogP contribution is 2.36. The highest BCUT2D eigenvalue weighted by atomic mass is 32.2. The van der Waals surface area contributed by atoms with E-state index in [9.17, 15) is 18.0 Å². The van der Waals surface area contributed by atoms with Crippen LogP contribution in [0.4, 0.5) is 5.69 Å². The van der Waals surface area contributed by atoms with E-state index in [4.69, 9.17) is 19.2 Å². The first-order valence-electron chi connectivity index (χ1n) is 16.0. The van der Waals surface area contributed by atoms with E-state index in [1.165, 1.54) is 6.07 Å². The lowest BCUT2D eigenvalue weighted by Gasteiger charge is -2.24. The summed E-state index contributed by atoms with van der Waals surface area (Å²) >= 11 is 0. The molecule has 0 radical (unpaired) electrons. The third-order valence-corrected chi connectivity index (χ3v) is 10.6. The Labute approximate surface area is 278 Å². The van der Waals surface area contributed by atoms with Crippen LogP contribution in [0.3, 0.4) is 0 Å². The minimum absolute atomic E-state index is 0.0361. The molecular formula is C36H36N4O7S. The molecule has 4 aromatic rings. The Morgan fingerprint density at radius 1 is 0.958 bits per heavy atom. The van der Waals surface area contributed by atoms with E-state index in [-0.39, 0.29) is 24.0 Å². The quantitative estimate of drug-likeness (QED) is 0.215. The minimum Gasteiger partial charge on any atom is -0.497 e. The molecule has 2 heterocycles. The number of amides is 2. The van der Waals surface area contributed by atoms with Crippen LogP contribution in [-0.2, 0) is 19.6 Å². The first-order valence-corrected chi connectivity index (χ1v) is 17.5. The standard InChI is InChI=1S/C36H36N4O7S/c1-45-26-14-11-24-18-27(15-12-23(24)17-26)48(43,44)40-30(25-13-16-31-32(19-25)47-21-46-31)20-33(41)38-35-36(42)37-29-10-6-5-9-28(29)34(39-35)22-7-3-2-4-8-22/h5-6,9-19,22,30,35,40H,2-4,7-8,20-21H2,1H3,(H,37,42)(H,38,41)/t30-,35?/m1/s1. The molecule has 1 saturated carbocycles. The molecule has 3 N–H and O–H groups in total. The number of benzodiazepines with no additional fused rings is 1. The molecule has 4 aromatic carbocycles. The highest BCUT2D eigenvalue weighted by Gasteiger charge is 2.32. The Hall–Kier alpha value is -4.94. The van der Waals surface area contributed by atoms with Crippen molar-refractivity contribution < 1.29 is 32.2 Å². The van der Waals surface area contributed by atoms with E-state index < -0.39 is 34.0 Å². The van der Waals surface area contributed by atoms with Gasteiger partial charge in [0.2, 0.25) is 28.9 Å². The van der Waals surface area contributed by atoms with Gasteiger partial charge in [-0.1, -0.05) is 55.7 Å². The zero-order valence-electron chi connectivity index (χ0n) is 26.4. The molecule has 11 nitrogen and oxygen atoms in total. The Morgan fingerprint density at radius 2 is 1.73 bits per heavy atom. The molecule has 0 saturated heterocycles. The number of hydrogen-bond donors (Lipinski definition) is 3. The van der Waals surface area contributed by atoms with Gasteiger partial charge in [-0.05, 0) is 71.6 Å². The van der Waals surface area contributed by atoms with Crippen LogP contribution >= 0.6 is 0 Å². The Morgan fingerprint density at radius 3 is 2.56 bits per heavy atom. The van der Waals surface area contributed by atoms with Crippen LogP contribution in [0.1, 0.15) is 55.7 Å². The molecule has 1 aliphatic carbocycles. The number of carbonyl (C=O) groups is 2. The number of carbonyl (C=O) groups excluding carboxylic acids is 2. The summed E-state index contributed by atoms with van der Waals surface area (Å²) in [5.74, 6) is 0.779. The molecule has 248 valence electrons. The first-order chi connectivity index (χ1) is 23.3. The van der Waals surface area contributed by atoms with Crippen LogP contribution in [-0.4, -0.2) is 46.0 Å². The number of benzene rings is 4. The predicted molar refractivity (Wildman–Crippen MR) is 181 cm³/mol. The summed E-state index contributed by atoms with van der Waals surface area (Å²) in [7, 11) is -2.55. The number of methoxy groups -OCH3 is 1. The average molecular weight is 669 g/mol. The van der Waals surface area contributed by atoms with Gasteiger partial charge in [-0.3, -0.25) is 14.6 Å². The largest absolute Gasteiger partial charge is 0.497 e. The number of aliphatic imine (C=N–C) groups is 1. The summed E-state index contributed by atoms with van der Waals surface area (Å²) in [5.41, 5.74) is 2.81. The van der Waals surface area contributed by atoms with Gasteiger partial charge in [-0.15, -0.1) is 0 Å². The van der Waals surface area contributed by atoms with Crippen molar-refractivity contribution in [2.45, 2.75) is 55.6 Å². The number of nitrogens with one attached hydrogen (secondary N) is 3. The summed E-state index contributed by atoms with van der Waals surface area (Å²) < 4.78 is 46.6. The maximum absolute atomic E-state index is 13.8. The molecule has 7 rings (SSSR count). The predicted octanol–water partition coefficient (Wildman–Crippen LogP) is 5.45. The lowest BCUT2D eigenvalue weighted by atomic mass is 9.83. The van der Waals surface area contributed by atoms with E-state index in [1.54, 1.807) is 49.6 Å². The summed E-state index contributed by atoms with van der Waals surface area (Å²) in [6.07, 6.45) is 3.73. The molecule has 12 heteroatoms. The van der Waals surface area contributed by atoms with Crippen molar-refractivity contribution in [1.82, 2.24) is 10.0 Å². The van der Waals surface area contributed by atoms with E-state index in [2.05, 4.69) is 15.4 Å². The molecule has 1 fully saturated rings. The van der Waals surface area contributed by atoms with Crippen LogP contribution in [0.25, 0.3) is 10.8 Å². The Bertz CT molecular complexity index is 2020. The topological polar surface area (TPSA) is 144 Å². The molecule has 1 unspecified atom stereocenters. The van der Waals surface area contributed by atoms with Gasteiger partial charge >= 0.3 is 0 Å². The maximum atomic E-state index is 13.8. The molecule has 2 atom stereocenters. The second-order valence-electron chi connectivity index (χ2n) is 12.2. The summed E-state index contributed by atoms with van der Waals surface area (Å²) in [6, 6.07) is 21.7. The molecule has 48 heavy (non-hydrogen) atoms. The van der Waals surface area contributed by atoms with Gasteiger partial charge in [0.15, 0.2) is 11.5 Å². The molecule has 0 bridgehead atoms. The van der Waals surface area contributed by atoms with Gasteiger partial charge in [0.05, 0.1) is 23.8 Å². The van der Waals surface area contributed by atoms with Crippen LogP contribution in [0.15, 0.2) is 88.8 Å². The van der Waals surface area contributed by atoms with Gasteiger partial charge in [0.25, 0.3) is 5.91 Å². The van der Waals surface area contributed by atoms with Gasteiger partial charge in [-0.25, -0.2) is 13.1 Å². The zero-order chi connectivity index (χ0) is 33.3. The fourth-order valence-electron chi connectivity index (χ4n) is 6.59. The van der Waals surface area contributed by atoms with Crippen molar-refractivity contribution in [2.24, 2.45) is 10.9 Å². The third-order valence-electron chi connectivity index (χ3n) is 9.08. The molecule has 0 aromatic heterocycles. The number of anilines is 1. The van der Waals surface area contributed by atoms with Gasteiger partial charge in [-0.2, -0.15) is 0 Å². The molecule has 3 aliphatic rings. The molecule has 2 aliphatic heterocycles. The lowest BCUT2D eigenvalue weighted by Crippen LogP contribution is -2.44. The monoisotopic (exact) mass is 668 g/mol. The number of sulfonamides is 1. The zero-order valence-corrected chi connectivity index (χ0v) is 27.2. The normalized spacial score (nSPS) is 18.3. The number of hydrogen-bond acceptors (Lipinski definition) is 8. The van der Waals surface area contributed by atoms with E-state index >= 15 is 0 Å². The maximum Gasteiger partial charge on any atom is 0.269 e. The molecule has 0 spiro atoms. The number of rotatable bonds is 9.